The molecule has 3 atom stereocenters. The second-order valence-electron chi connectivity index (χ2n) is 10.5. The minimum absolute atomic E-state index is 0.0838. The van der Waals surface area contributed by atoms with E-state index in [1.165, 1.54) is 46.2 Å². The second kappa shape index (κ2) is 10.5. The van der Waals surface area contributed by atoms with E-state index >= 15 is 4.39 Å². The van der Waals surface area contributed by atoms with E-state index in [4.69, 9.17) is 0 Å². The molecule has 34 heavy (non-hydrogen) atoms. The maximum atomic E-state index is 15.0. The molecular weight excluding hydrogens is 415 g/mol. The van der Waals surface area contributed by atoms with E-state index in [0.717, 1.165) is 48.6 Å². The number of hydrogen-bond acceptors (Lipinski definition) is 0. The third kappa shape index (κ3) is 4.99. The van der Waals surface area contributed by atoms with Gasteiger partial charge in [-0.2, -0.15) is 0 Å². The standard InChI is InChI=1S/C33H41F/c1-7-11-23-14-21(5)33(22(6)15-23)26-12-13-32(34)29(18-26)17-25(9-3)24(8-2)16-27-19-28-20-31(28)30(27)10-4/h8,10,12-16,18,25,28,31H,7,9,11,17,19-20H2,1-6H3/b24-8-,27-16-,30-10?. The molecule has 0 aliphatic heterocycles. The highest BCUT2D eigenvalue weighted by Crippen LogP contribution is 2.57. The van der Waals surface area contributed by atoms with Crippen LogP contribution in [0.15, 0.2) is 65.3 Å². The molecule has 0 aromatic heterocycles. The largest absolute Gasteiger partial charge is 0.207 e. The van der Waals surface area contributed by atoms with Crippen LogP contribution in [-0.4, -0.2) is 0 Å². The SMILES string of the molecule is CC=C1/C(=C\C(=C\C)C(CC)Cc2cc(-c3c(C)cc(CCC)cc3C)ccc2F)CC2CC12. The Morgan fingerprint density at radius 2 is 1.82 bits per heavy atom. The van der Waals surface area contributed by atoms with Crippen LogP contribution in [0.25, 0.3) is 11.1 Å². The molecule has 0 saturated heterocycles. The molecule has 0 radical (unpaired) electrons. The molecular formula is C33H41F. The van der Waals surface area contributed by atoms with E-state index in [1.54, 1.807) is 11.6 Å². The van der Waals surface area contributed by atoms with Gasteiger partial charge in [0.1, 0.15) is 5.82 Å². The number of allylic oxidation sites excluding steroid dienone is 6. The summed E-state index contributed by atoms with van der Waals surface area (Å²) < 4.78 is 15.0. The molecule has 0 heterocycles. The summed E-state index contributed by atoms with van der Waals surface area (Å²) in [6.07, 6.45) is 13.6. The van der Waals surface area contributed by atoms with E-state index < -0.39 is 0 Å². The van der Waals surface area contributed by atoms with Crippen molar-refractivity contribution in [2.24, 2.45) is 17.8 Å². The number of aryl methyl sites for hydroxylation is 3. The van der Waals surface area contributed by atoms with Crippen molar-refractivity contribution in [2.75, 3.05) is 0 Å². The summed E-state index contributed by atoms with van der Waals surface area (Å²) >= 11 is 0. The van der Waals surface area contributed by atoms with E-state index in [2.05, 4.69) is 78.0 Å². The van der Waals surface area contributed by atoms with Gasteiger partial charge in [-0.15, -0.1) is 0 Å². The molecule has 2 aromatic carbocycles. The predicted octanol–water partition coefficient (Wildman–Crippen LogP) is 9.49. The van der Waals surface area contributed by atoms with Crippen molar-refractivity contribution < 1.29 is 4.39 Å². The summed E-state index contributed by atoms with van der Waals surface area (Å²) in [6.45, 7) is 13.1. The van der Waals surface area contributed by atoms with Gasteiger partial charge in [-0.05, 0) is 140 Å². The normalized spacial score (nSPS) is 23.0. The Morgan fingerprint density at radius 1 is 1.09 bits per heavy atom. The molecule has 0 amide bonds. The Kier molecular flexibility index (Phi) is 7.60. The quantitative estimate of drug-likeness (QED) is 0.371. The van der Waals surface area contributed by atoms with Crippen molar-refractivity contribution in [2.45, 2.75) is 80.1 Å². The highest BCUT2D eigenvalue weighted by atomic mass is 19.1. The molecule has 0 nitrogen and oxygen atoms in total. The summed E-state index contributed by atoms with van der Waals surface area (Å²) in [6, 6.07) is 10.3. The third-order valence-electron chi connectivity index (χ3n) is 8.06. The molecule has 3 unspecified atom stereocenters. The van der Waals surface area contributed by atoms with Gasteiger partial charge in [0, 0.05) is 0 Å². The molecule has 2 aliphatic carbocycles. The molecule has 4 rings (SSSR count). The zero-order chi connectivity index (χ0) is 24.4. The topological polar surface area (TPSA) is 0 Å². The lowest BCUT2D eigenvalue weighted by atomic mass is 9.85. The minimum Gasteiger partial charge on any atom is -0.207 e. The maximum absolute atomic E-state index is 15.0. The van der Waals surface area contributed by atoms with Crippen molar-refractivity contribution in [3.8, 4) is 11.1 Å². The first-order valence-corrected chi connectivity index (χ1v) is 13.3. The van der Waals surface area contributed by atoms with Crippen molar-refractivity contribution >= 4 is 0 Å². The van der Waals surface area contributed by atoms with Gasteiger partial charge >= 0.3 is 0 Å². The van der Waals surface area contributed by atoms with Gasteiger partial charge in [0.05, 0.1) is 0 Å². The van der Waals surface area contributed by atoms with Gasteiger partial charge < -0.3 is 0 Å². The van der Waals surface area contributed by atoms with Crippen molar-refractivity contribution in [3.05, 3.63) is 93.4 Å². The molecule has 2 aromatic rings. The first-order chi connectivity index (χ1) is 16.4. The van der Waals surface area contributed by atoms with Gasteiger partial charge in [0.25, 0.3) is 0 Å². The monoisotopic (exact) mass is 456 g/mol. The van der Waals surface area contributed by atoms with Gasteiger partial charge in [0.2, 0.25) is 0 Å². The van der Waals surface area contributed by atoms with Crippen molar-refractivity contribution in [1.82, 2.24) is 0 Å². The lowest BCUT2D eigenvalue weighted by Gasteiger charge is -2.20. The zero-order valence-corrected chi connectivity index (χ0v) is 22.0. The van der Waals surface area contributed by atoms with Crippen LogP contribution < -0.4 is 0 Å². The summed E-state index contributed by atoms with van der Waals surface area (Å²) in [5, 5.41) is 0. The molecule has 2 aliphatic rings. The van der Waals surface area contributed by atoms with Crippen molar-refractivity contribution in [3.63, 3.8) is 0 Å². The minimum atomic E-state index is -0.0838. The Hall–Kier alpha value is -2.41. The predicted molar refractivity (Wildman–Crippen MR) is 145 cm³/mol. The average molecular weight is 457 g/mol. The van der Waals surface area contributed by atoms with Crippen LogP contribution in [0, 0.1) is 37.4 Å². The molecule has 0 bridgehead atoms. The van der Waals surface area contributed by atoms with Gasteiger partial charge in [-0.1, -0.05) is 56.7 Å². The van der Waals surface area contributed by atoms with E-state index in [-0.39, 0.29) is 5.82 Å². The molecule has 0 spiro atoms. The van der Waals surface area contributed by atoms with Gasteiger partial charge in [-0.25, -0.2) is 4.39 Å². The van der Waals surface area contributed by atoms with E-state index in [0.29, 0.717) is 5.92 Å². The van der Waals surface area contributed by atoms with Crippen LogP contribution >= 0.6 is 0 Å². The Bertz CT molecular complexity index is 1120. The smallest absolute Gasteiger partial charge is 0.126 e. The Balaban J connectivity index is 1.62. The highest BCUT2D eigenvalue weighted by Gasteiger charge is 2.46. The summed E-state index contributed by atoms with van der Waals surface area (Å²) in [5.74, 6) is 1.92. The molecule has 2 saturated carbocycles. The lowest BCUT2D eigenvalue weighted by Crippen LogP contribution is -2.08. The Labute approximate surface area is 206 Å². The number of hydrogen-bond donors (Lipinski definition) is 0. The van der Waals surface area contributed by atoms with Crippen LogP contribution in [0.5, 0.6) is 0 Å². The number of halogens is 1. The molecule has 180 valence electrons. The fraction of sp³-hybridized carbons (Fsp3) is 0.455. The third-order valence-corrected chi connectivity index (χ3v) is 8.06. The highest BCUT2D eigenvalue weighted by molar-refractivity contribution is 5.72. The second-order valence-corrected chi connectivity index (χ2v) is 10.5. The molecule has 1 heteroatoms. The van der Waals surface area contributed by atoms with Crippen LogP contribution in [0.2, 0.25) is 0 Å². The van der Waals surface area contributed by atoms with Gasteiger partial charge in [0.15, 0.2) is 0 Å². The van der Waals surface area contributed by atoms with Gasteiger partial charge in [-0.3, -0.25) is 0 Å². The van der Waals surface area contributed by atoms with Crippen LogP contribution in [0.4, 0.5) is 4.39 Å². The van der Waals surface area contributed by atoms with Crippen molar-refractivity contribution in [1.29, 1.82) is 0 Å². The lowest BCUT2D eigenvalue weighted by molar-refractivity contribution is 0.556. The fourth-order valence-corrected chi connectivity index (χ4v) is 6.26. The summed E-state index contributed by atoms with van der Waals surface area (Å²) in [4.78, 5) is 0. The summed E-state index contributed by atoms with van der Waals surface area (Å²) in [7, 11) is 0. The Morgan fingerprint density at radius 3 is 2.44 bits per heavy atom. The summed E-state index contributed by atoms with van der Waals surface area (Å²) in [5.41, 5.74) is 11.6. The average Bonchev–Trinajstić information content (AvgIpc) is 3.48. The number of benzene rings is 2. The first kappa shape index (κ1) is 24.7. The van der Waals surface area contributed by atoms with E-state index in [1.807, 2.05) is 6.07 Å². The first-order valence-electron chi connectivity index (χ1n) is 13.3. The van der Waals surface area contributed by atoms with Crippen LogP contribution in [0.3, 0.4) is 0 Å². The maximum Gasteiger partial charge on any atom is 0.126 e. The molecule has 2 fully saturated rings. The van der Waals surface area contributed by atoms with E-state index in [9.17, 15) is 0 Å². The number of rotatable bonds is 8. The zero-order valence-electron chi connectivity index (χ0n) is 22.0. The number of fused-ring (bicyclic) bond motifs is 1. The van der Waals surface area contributed by atoms with Crippen LogP contribution in [0.1, 0.15) is 75.6 Å². The molecule has 0 N–H and O–H groups in total. The van der Waals surface area contributed by atoms with Crippen LogP contribution in [-0.2, 0) is 12.8 Å². The fourth-order valence-electron chi connectivity index (χ4n) is 6.26.